The van der Waals surface area contributed by atoms with E-state index >= 15 is 0 Å². The van der Waals surface area contributed by atoms with Crippen molar-refractivity contribution in [2.45, 2.75) is 19.9 Å². The standard InChI is InChI=1S/C12H13N3O/c1-3-6-15-11-5-4-9(8-13)7-10(11)14-12(15)16-2/h4-5,7H,3,6H2,1-2H3. The number of ether oxygens (including phenoxy) is 1. The normalized spacial score (nSPS) is 10.3. The lowest BCUT2D eigenvalue weighted by atomic mass is 10.2. The lowest BCUT2D eigenvalue weighted by Crippen LogP contribution is -2.00. The van der Waals surface area contributed by atoms with Gasteiger partial charge in [-0.1, -0.05) is 6.92 Å². The molecule has 0 spiro atoms. The maximum absolute atomic E-state index is 8.82. The average molecular weight is 215 g/mol. The van der Waals surface area contributed by atoms with Gasteiger partial charge in [-0.3, -0.25) is 4.57 Å². The van der Waals surface area contributed by atoms with Crippen molar-refractivity contribution >= 4 is 11.0 Å². The minimum absolute atomic E-state index is 0.604. The molecule has 0 aliphatic carbocycles. The summed E-state index contributed by atoms with van der Waals surface area (Å²) in [5.74, 6) is 0. The number of fused-ring (bicyclic) bond motifs is 1. The third kappa shape index (κ3) is 1.61. The van der Waals surface area contributed by atoms with E-state index < -0.39 is 0 Å². The summed E-state index contributed by atoms with van der Waals surface area (Å²) in [5, 5.41) is 8.82. The summed E-state index contributed by atoms with van der Waals surface area (Å²) in [5.41, 5.74) is 2.44. The highest BCUT2D eigenvalue weighted by Crippen LogP contribution is 2.22. The van der Waals surface area contributed by atoms with Crippen LogP contribution in [0.15, 0.2) is 18.2 Å². The minimum atomic E-state index is 0.604. The Morgan fingerprint density at radius 1 is 1.50 bits per heavy atom. The lowest BCUT2D eigenvalue weighted by Gasteiger charge is -2.05. The Labute approximate surface area is 94.1 Å². The zero-order valence-corrected chi connectivity index (χ0v) is 9.40. The van der Waals surface area contributed by atoms with Crippen molar-refractivity contribution in [3.05, 3.63) is 23.8 Å². The lowest BCUT2D eigenvalue weighted by molar-refractivity contribution is 0.359. The molecular weight excluding hydrogens is 202 g/mol. The first-order chi connectivity index (χ1) is 7.80. The molecule has 1 aromatic carbocycles. The maximum Gasteiger partial charge on any atom is 0.297 e. The Kier molecular flexibility index (Phi) is 2.78. The predicted octanol–water partition coefficient (Wildman–Crippen LogP) is 2.33. The van der Waals surface area contributed by atoms with Crippen LogP contribution in [0.4, 0.5) is 0 Å². The number of rotatable bonds is 3. The largest absolute Gasteiger partial charge is 0.468 e. The number of hydrogen-bond acceptors (Lipinski definition) is 3. The van der Waals surface area contributed by atoms with Crippen molar-refractivity contribution in [3.8, 4) is 12.1 Å². The van der Waals surface area contributed by atoms with E-state index in [4.69, 9.17) is 10.00 Å². The first-order valence-electron chi connectivity index (χ1n) is 5.24. The summed E-state index contributed by atoms with van der Waals surface area (Å²) in [6.45, 7) is 2.97. The molecule has 2 rings (SSSR count). The number of imidazole rings is 1. The molecule has 1 aromatic heterocycles. The van der Waals surface area contributed by atoms with Crippen LogP contribution >= 0.6 is 0 Å². The zero-order chi connectivity index (χ0) is 11.5. The number of hydrogen-bond donors (Lipinski definition) is 0. The van der Waals surface area contributed by atoms with E-state index in [1.165, 1.54) is 0 Å². The molecule has 0 bridgehead atoms. The van der Waals surface area contributed by atoms with Crippen molar-refractivity contribution in [2.75, 3.05) is 7.11 Å². The number of aromatic nitrogens is 2. The maximum atomic E-state index is 8.82. The van der Waals surface area contributed by atoms with Gasteiger partial charge in [-0.2, -0.15) is 10.2 Å². The van der Waals surface area contributed by atoms with Gasteiger partial charge in [0.05, 0.1) is 29.8 Å². The van der Waals surface area contributed by atoms with Crippen molar-refractivity contribution in [1.29, 1.82) is 5.26 Å². The molecule has 0 atom stereocenters. The highest BCUT2D eigenvalue weighted by atomic mass is 16.5. The highest BCUT2D eigenvalue weighted by Gasteiger charge is 2.10. The molecule has 0 unspecified atom stereocenters. The summed E-state index contributed by atoms with van der Waals surface area (Å²) < 4.78 is 7.25. The number of nitrogens with zero attached hydrogens (tertiary/aromatic N) is 3. The van der Waals surface area contributed by atoms with Crippen LogP contribution in [0.2, 0.25) is 0 Å². The first-order valence-corrected chi connectivity index (χ1v) is 5.24. The number of nitriles is 1. The van der Waals surface area contributed by atoms with Gasteiger partial charge >= 0.3 is 0 Å². The Balaban J connectivity index is 2.63. The van der Waals surface area contributed by atoms with Crippen LogP contribution in [0.5, 0.6) is 6.01 Å². The van der Waals surface area contributed by atoms with Gasteiger partial charge in [0.2, 0.25) is 0 Å². The molecule has 82 valence electrons. The van der Waals surface area contributed by atoms with E-state index in [0.29, 0.717) is 11.6 Å². The van der Waals surface area contributed by atoms with Crippen LogP contribution in [-0.4, -0.2) is 16.7 Å². The number of aryl methyl sites for hydroxylation is 1. The highest BCUT2D eigenvalue weighted by molar-refractivity contribution is 5.78. The van der Waals surface area contributed by atoms with Gasteiger partial charge in [0.25, 0.3) is 6.01 Å². The van der Waals surface area contributed by atoms with Crippen LogP contribution in [0.3, 0.4) is 0 Å². The molecule has 0 aliphatic rings. The Hall–Kier alpha value is -2.02. The molecule has 0 fully saturated rings. The minimum Gasteiger partial charge on any atom is -0.468 e. The fraction of sp³-hybridized carbons (Fsp3) is 0.333. The van der Waals surface area contributed by atoms with Crippen LogP contribution in [0, 0.1) is 11.3 Å². The molecule has 0 amide bonds. The molecule has 4 nitrogen and oxygen atoms in total. The van der Waals surface area contributed by atoms with Gasteiger partial charge in [0.15, 0.2) is 0 Å². The van der Waals surface area contributed by atoms with E-state index in [9.17, 15) is 0 Å². The molecule has 0 N–H and O–H groups in total. The molecule has 2 aromatic rings. The van der Waals surface area contributed by atoms with E-state index in [1.807, 2.05) is 10.6 Å². The van der Waals surface area contributed by atoms with Crippen molar-refractivity contribution in [2.24, 2.45) is 0 Å². The Bertz CT molecular complexity index is 551. The topological polar surface area (TPSA) is 50.8 Å². The van der Waals surface area contributed by atoms with Gasteiger partial charge in [-0.05, 0) is 24.6 Å². The van der Waals surface area contributed by atoms with E-state index in [0.717, 1.165) is 24.0 Å². The Morgan fingerprint density at radius 2 is 2.31 bits per heavy atom. The molecule has 16 heavy (non-hydrogen) atoms. The predicted molar refractivity (Wildman–Crippen MR) is 61.3 cm³/mol. The van der Waals surface area contributed by atoms with Crippen molar-refractivity contribution in [1.82, 2.24) is 9.55 Å². The third-order valence-corrected chi connectivity index (χ3v) is 2.47. The molecule has 1 heterocycles. The van der Waals surface area contributed by atoms with Gasteiger partial charge in [-0.25, -0.2) is 0 Å². The van der Waals surface area contributed by atoms with Crippen LogP contribution < -0.4 is 4.74 Å². The second kappa shape index (κ2) is 4.23. The first kappa shape index (κ1) is 10.5. The Morgan fingerprint density at radius 3 is 2.94 bits per heavy atom. The van der Waals surface area contributed by atoms with Crippen molar-refractivity contribution < 1.29 is 4.74 Å². The summed E-state index contributed by atoms with van der Waals surface area (Å²) in [4.78, 5) is 4.35. The molecule has 4 heteroatoms. The SMILES string of the molecule is CCCn1c(OC)nc2cc(C#N)ccc21. The van der Waals surface area contributed by atoms with Gasteiger partial charge in [0.1, 0.15) is 0 Å². The van der Waals surface area contributed by atoms with Crippen LogP contribution in [0.25, 0.3) is 11.0 Å². The monoisotopic (exact) mass is 215 g/mol. The molecule has 0 saturated heterocycles. The van der Waals surface area contributed by atoms with E-state index in [1.54, 1.807) is 19.2 Å². The van der Waals surface area contributed by atoms with E-state index in [2.05, 4.69) is 18.0 Å². The quantitative estimate of drug-likeness (QED) is 0.789. The fourth-order valence-electron chi connectivity index (χ4n) is 1.77. The van der Waals surface area contributed by atoms with E-state index in [-0.39, 0.29) is 0 Å². The zero-order valence-electron chi connectivity index (χ0n) is 9.40. The van der Waals surface area contributed by atoms with Crippen LogP contribution in [-0.2, 0) is 6.54 Å². The fourth-order valence-corrected chi connectivity index (χ4v) is 1.77. The van der Waals surface area contributed by atoms with Crippen molar-refractivity contribution in [3.63, 3.8) is 0 Å². The van der Waals surface area contributed by atoms with Gasteiger partial charge < -0.3 is 4.74 Å². The van der Waals surface area contributed by atoms with Crippen LogP contribution in [0.1, 0.15) is 18.9 Å². The summed E-state index contributed by atoms with van der Waals surface area (Å²) in [6.07, 6.45) is 1.02. The van der Waals surface area contributed by atoms with Gasteiger partial charge in [-0.15, -0.1) is 0 Å². The molecule has 0 saturated carbocycles. The molecule has 0 aliphatic heterocycles. The number of methoxy groups -OCH3 is 1. The molecule has 0 radical (unpaired) electrons. The smallest absolute Gasteiger partial charge is 0.297 e. The van der Waals surface area contributed by atoms with Gasteiger partial charge in [0, 0.05) is 6.54 Å². The average Bonchev–Trinajstić information content (AvgIpc) is 2.67. The summed E-state index contributed by atoms with van der Waals surface area (Å²) in [7, 11) is 1.61. The second-order valence-corrected chi connectivity index (χ2v) is 3.57. The third-order valence-electron chi connectivity index (χ3n) is 2.47. The number of benzene rings is 1. The summed E-state index contributed by atoms with van der Waals surface area (Å²) >= 11 is 0. The summed E-state index contributed by atoms with van der Waals surface area (Å²) in [6, 6.07) is 8.21. The second-order valence-electron chi connectivity index (χ2n) is 3.57. The molecular formula is C12H13N3O.